The number of para-hydroxylation sites is 1. The molecule has 0 spiro atoms. The number of amides is 1. The number of aromatic nitrogens is 6. The van der Waals surface area contributed by atoms with Crippen LogP contribution in [0.1, 0.15) is 29.8 Å². The Hall–Kier alpha value is -5.47. The van der Waals surface area contributed by atoms with Gasteiger partial charge in [0.05, 0.1) is 53.8 Å². The van der Waals surface area contributed by atoms with Crippen LogP contribution in [0.4, 0.5) is 5.95 Å². The lowest BCUT2D eigenvalue weighted by Gasteiger charge is -2.09. The normalized spacial score (nSPS) is 12.4. The first-order valence-electron chi connectivity index (χ1n) is 13.9. The van der Waals surface area contributed by atoms with Gasteiger partial charge in [-0.25, -0.2) is 14.6 Å². The number of nitrogens with one attached hydrogen (secondary N) is 1. The average molecular weight is 573 g/mol. The van der Waals surface area contributed by atoms with Crippen LogP contribution in [0, 0.1) is 17.2 Å². The van der Waals surface area contributed by atoms with Crippen LogP contribution in [0.5, 0.6) is 5.75 Å². The highest BCUT2D eigenvalue weighted by Gasteiger charge is 2.21. The molecule has 0 radical (unpaired) electrons. The lowest BCUT2D eigenvalue weighted by Crippen LogP contribution is -2.21. The second-order valence-corrected chi connectivity index (χ2v) is 10.2. The van der Waals surface area contributed by atoms with Crippen LogP contribution in [-0.2, 0) is 22.7 Å². The maximum absolute atomic E-state index is 12.7. The Balaban J connectivity index is 1.21. The molecule has 0 aliphatic heterocycles. The highest BCUT2D eigenvalue weighted by Crippen LogP contribution is 2.29. The fourth-order valence-corrected chi connectivity index (χ4v) is 4.33. The fourth-order valence-electron chi connectivity index (χ4n) is 4.33. The van der Waals surface area contributed by atoms with E-state index < -0.39 is 5.91 Å². The summed E-state index contributed by atoms with van der Waals surface area (Å²) in [5.74, 6) is 0.926. The van der Waals surface area contributed by atoms with Crippen LogP contribution in [-0.4, -0.2) is 49.1 Å². The van der Waals surface area contributed by atoms with E-state index >= 15 is 0 Å². The molecule has 11 nitrogen and oxygen atoms in total. The van der Waals surface area contributed by atoms with E-state index in [1.54, 1.807) is 47.3 Å². The number of carbonyl (C=O) groups excluding carboxylic acids is 1. The van der Waals surface area contributed by atoms with Crippen LogP contribution >= 0.6 is 0 Å². The summed E-state index contributed by atoms with van der Waals surface area (Å²) in [5.41, 5.74) is 4.32. The molecule has 43 heavy (non-hydrogen) atoms. The van der Waals surface area contributed by atoms with Crippen molar-refractivity contribution in [2.75, 3.05) is 18.5 Å². The number of ether oxygens (including phenoxy) is 2. The summed E-state index contributed by atoms with van der Waals surface area (Å²) in [4.78, 5) is 26.5. The molecule has 0 unspecified atom stereocenters. The van der Waals surface area contributed by atoms with E-state index in [0.717, 1.165) is 18.0 Å². The predicted octanol–water partition coefficient (Wildman–Crippen LogP) is 4.66. The zero-order valence-electron chi connectivity index (χ0n) is 23.3. The molecule has 1 aliphatic carbocycles. The Kier molecular flexibility index (Phi) is 8.38. The van der Waals surface area contributed by atoms with Crippen molar-refractivity contribution in [3.05, 3.63) is 102 Å². The molecule has 0 atom stereocenters. The smallest absolute Gasteiger partial charge is 0.264 e. The van der Waals surface area contributed by atoms with E-state index in [-0.39, 0.29) is 12.6 Å². The number of nitrogens with zero attached hydrogens (tertiary/aromatic N) is 7. The van der Waals surface area contributed by atoms with Gasteiger partial charge < -0.3 is 9.47 Å². The molecule has 3 aromatic heterocycles. The zero-order chi connectivity index (χ0) is 29.4. The number of hydrogen-bond acceptors (Lipinski definition) is 9. The van der Waals surface area contributed by atoms with Gasteiger partial charge in [0.2, 0.25) is 5.95 Å². The molecule has 1 N–H and O–H groups in total. The first-order chi connectivity index (χ1) is 21.1. The van der Waals surface area contributed by atoms with Crippen molar-refractivity contribution in [1.82, 2.24) is 29.9 Å². The summed E-state index contributed by atoms with van der Waals surface area (Å²) < 4.78 is 13.0. The van der Waals surface area contributed by atoms with Crippen LogP contribution in [0.2, 0.25) is 0 Å². The van der Waals surface area contributed by atoms with Gasteiger partial charge in [-0.2, -0.15) is 5.26 Å². The molecule has 2 aromatic carbocycles. The molecule has 5 aromatic rings. The summed E-state index contributed by atoms with van der Waals surface area (Å²) in [6, 6.07) is 25.8. The van der Waals surface area contributed by atoms with Gasteiger partial charge in [0, 0.05) is 12.2 Å². The topological polar surface area (TPSA) is 141 Å². The number of benzene rings is 2. The van der Waals surface area contributed by atoms with Gasteiger partial charge in [0.15, 0.2) is 6.61 Å². The Bertz CT molecular complexity index is 1760. The van der Waals surface area contributed by atoms with Crippen LogP contribution in [0.3, 0.4) is 0 Å². The Morgan fingerprint density at radius 2 is 1.74 bits per heavy atom. The number of hydrogen-bond donors (Lipinski definition) is 1. The van der Waals surface area contributed by atoms with E-state index in [1.165, 1.54) is 12.8 Å². The first kappa shape index (κ1) is 27.7. The van der Waals surface area contributed by atoms with Gasteiger partial charge in [-0.15, -0.1) is 5.10 Å². The molecular formula is C32H28N8O3. The van der Waals surface area contributed by atoms with Crippen molar-refractivity contribution in [3.63, 3.8) is 0 Å². The second kappa shape index (κ2) is 13.0. The molecule has 1 saturated carbocycles. The van der Waals surface area contributed by atoms with E-state index in [9.17, 15) is 10.1 Å². The largest absolute Gasteiger partial charge is 0.484 e. The van der Waals surface area contributed by atoms with Crippen LogP contribution in [0.15, 0.2) is 85.1 Å². The SMILES string of the molecule is N#Cc1cccc(-c2cc(-c3cn(Cc4cccc(COCC5CC5)n4)nn3)nc(NC(=O)COc3ccccc3)n2)c1. The molecular weight excluding hydrogens is 544 g/mol. The van der Waals surface area contributed by atoms with Gasteiger partial charge in [-0.3, -0.25) is 15.1 Å². The molecule has 11 heteroatoms. The second-order valence-electron chi connectivity index (χ2n) is 10.2. The first-order valence-corrected chi connectivity index (χ1v) is 13.9. The van der Waals surface area contributed by atoms with Crippen molar-refractivity contribution in [2.45, 2.75) is 26.0 Å². The Morgan fingerprint density at radius 3 is 2.58 bits per heavy atom. The van der Waals surface area contributed by atoms with Crippen molar-refractivity contribution >= 4 is 11.9 Å². The van der Waals surface area contributed by atoms with Gasteiger partial charge >= 0.3 is 0 Å². The zero-order valence-corrected chi connectivity index (χ0v) is 23.3. The number of carbonyl (C=O) groups is 1. The maximum atomic E-state index is 12.7. The van der Waals surface area contributed by atoms with E-state index in [4.69, 9.17) is 14.5 Å². The standard InChI is InChI=1S/C32H28N8O3/c33-16-23-6-4-7-24(14-23)28-15-29(36-32(35-28)37-31(41)21-43-27-10-2-1-3-11-27)30-18-40(39-38-30)17-25-8-5-9-26(34-25)20-42-19-22-12-13-22/h1-11,14-15,18,22H,12-13,17,19-21H2,(H,35,36,37,41). The fraction of sp³-hybridized carbons (Fsp3) is 0.219. The van der Waals surface area contributed by atoms with Crippen LogP contribution < -0.4 is 10.1 Å². The monoisotopic (exact) mass is 572 g/mol. The summed E-state index contributed by atoms with van der Waals surface area (Å²) in [6.45, 7) is 1.45. The number of nitriles is 1. The molecule has 214 valence electrons. The third-order valence-corrected chi connectivity index (χ3v) is 6.67. The quantitative estimate of drug-likeness (QED) is 0.226. The van der Waals surface area contributed by atoms with Gasteiger partial charge in [-0.1, -0.05) is 41.6 Å². The molecule has 1 aliphatic rings. The molecule has 1 fully saturated rings. The lowest BCUT2D eigenvalue weighted by molar-refractivity contribution is -0.118. The lowest BCUT2D eigenvalue weighted by atomic mass is 10.1. The minimum Gasteiger partial charge on any atom is -0.484 e. The third kappa shape index (κ3) is 7.63. The third-order valence-electron chi connectivity index (χ3n) is 6.67. The summed E-state index contributed by atoms with van der Waals surface area (Å²) >= 11 is 0. The van der Waals surface area contributed by atoms with Crippen molar-refractivity contribution < 1.29 is 14.3 Å². The number of pyridine rings is 1. The number of rotatable bonds is 12. The highest BCUT2D eigenvalue weighted by atomic mass is 16.5. The van der Waals surface area contributed by atoms with E-state index in [2.05, 4.69) is 31.7 Å². The van der Waals surface area contributed by atoms with Crippen molar-refractivity contribution in [2.24, 2.45) is 5.92 Å². The molecule has 3 heterocycles. The molecule has 6 rings (SSSR count). The Morgan fingerprint density at radius 1 is 0.930 bits per heavy atom. The van der Waals surface area contributed by atoms with E-state index in [1.807, 2.05) is 42.5 Å². The molecule has 0 saturated heterocycles. The summed E-state index contributed by atoms with van der Waals surface area (Å²) in [5, 5.41) is 20.7. The average Bonchev–Trinajstić information content (AvgIpc) is 3.75. The summed E-state index contributed by atoms with van der Waals surface area (Å²) in [6.07, 6.45) is 4.26. The maximum Gasteiger partial charge on any atom is 0.264 e. The van der Waals surface area contributed by atoms with Gasteiger partial charge in [0.1, 0.15) is 11.4 Å². The van der Waals surface area contributed by atoms with Crippen molar-refractivity contribution in [1.29, 1.82) is 5.26 Å². The summed E-state index contributed by atoms with van der Waals surface area (Å²) in [7, 11) is 0. The minimum atomic E-state index is -0.423. The minimum absolute atomic E-state index is 0.0756. The molecule has 1 amide bonds. The van der Waals surface area contributed by atoms with E-state index in [0.29, 0.717) is 53.0 Å². The van der Waals surface area contributed by atoms with Gasteiger partial charge in [0.25, 0.3) is 5.91 Å². The predicted molar refractivity (Wildman–Crippen MR) is 157 cm³/mol. The Labute approximate surface area is 248 Å². The molecule has 0 bridgehead atoms. The number of anilines is 1. The van der Waals surface area contributed by atoms with Gasteiger partial charge in [-0.05, 0) is 61.2 Å². The van der Waals surface area contributed by atoms with Crippen molar-refractivity contribution in [3.8, 4) is 34.5 Å². The van der Waals surface area contributed by atoms with Crippen LogP contribution in [0.25, 0.3) is 22.6 Å². The highest BCUT2D eigenvalue weighted by molar-refractivity contribution is 5.90.